The van der Waals surface area contributed by atoms with E-state index in [9.17, 15) is 4.79 Å². The minimum absolute atomic E-state index is 0.0570. The fraction of sp³-hybridized carbons (Fsp3) is 0.455. The Balaban J connectivity index is 2.23. The number of aromatic nitrogens is 1. The van der Waals surface area contributed by atoms with Crippen molar-refractivity contribution in [3.8, 4) is 0 Å². The highest BCUT2D eigenvalue weighted by Crippen LogP contribution is 2.21. The van der Waals surface area contributed by atoms with Crippen LogP contribution in [0.5, 0.6) is 0 Å². The summed E-state index contributed by atoms with van der Waals surface area (Å²) in [6.45, 7) is 3.94. The molecule has 2 heterocycles. The quantitative estimate of drug-likeness (QED) is 0.686. The second-order valence-corrected chi connectivity index (χ2v) is 4.38. The first kappa shape index (κ1) is 10.9. The second-order valence-electron chi connectivity index (χ2n) is 4.38. The highest BCUT2D eigenvalue weighted by Gasteiger charge is 2.29. The number of hydrogen-bond donors (Lipinski definition) is 3. The van der Waals surface area contributed by atoms with E-state index in [2.05, 4.69) is 22.5 Å². The first-order valence-corrected chi connectivity index (χ1v) is 5.34. The number of amides is 1. The van der Waals surface area contributed by atoms with E-state index in [1.165, 1.54) is 0 Å². The normalized spacial score (nSPS) is 24.3. The monoisotopic (exact) mass is 220 g/mol. The average molecular weight is 220 g/mol. The van der Waals surface area contributed by atoms with E-state index in [0.717, 1.165) is 19.5 Å². The lowest BCUT2D eigenvalue weighted by molar-refractivity contribution is 0.100. The molecule has 0 spiro atoms. The van der Waals surface area contributed by atoms with Crippen molar-refractivity contribution in [2.45, 2.75) is 18.9 Å². The number of hydrogen-bond acceptors (Lipinski definition) is 4. The van der Waals surface area contributed by atoms with Crippen LogP contribution in [0, 0.1) is 0 Å². The average Bonchev–Trinajstić information content (AvgIpc) is 2.65. The van der Waals surface area contributed by atoms with Gasteiger partial charge in [-0.3, -0.25) is 4.79 Å². The SMILES string of the molecule is CC1(Nc2ncccc2C(N)=O)CCNC1. The number of primary amides is 1. The van der Waals surface area contributed by atoms with Crippen LogP contribution in [0.4, 0.5) is 5.82 Å². The maximum absolute atomic E-state index is 11.2. The van der Waals surface area contributed by atoms with Crippen LogP contribution in [0.25, 0.3) is 0 Å². The first-order valence-electron chi connectivity index (χ1n) is 5.34. The van der Waals surface area contributed by atoms with Crippen molar-refractivity contribution in [3.05, 3.63) is 23.9 Å². The second kappa shape index (κ2) is 4.09. The first-order chi connectivity index (χ1) is 7.61. The van der Waals surface area contributed by atoms with Crippen molar-refractivity contribution in [1.29, 1.82) is 0 Å². The van der Waals surface area contributed by atoms with Gasteiger partial charge in [-0.15, -0.1) is 0 Å². The molecule has 1 aliphatic rings. The molecule has 0 bridgehead atoms. The number of nitrogens with one attached hydrogen (secondary N) is 2. The molecule has 1 unspecified atom stereocenters. The van der Waals surface area contributed by atoms with E-state index in [1.54, 1.807) is 18.3 Å². The minimum atomic E-state index is -0.454. The number of carbonyl (C=O) groups is 1. The molecule has 5 heteroatoms. The van der Waals surface area contributed by atoms with Crippen molar-refractivity contribution in [2.75, 3.05) is 18.4 Å². The van der Waals surface area contributed by atoms with Crippen LogP contribution in [0.15, 0.2) is 18.3 Å². The fourth-order valence-corrected chi connectivity index (χ4v) is 1.91. The van der Waals surface area contributed by atoms with E-state index in [1.807, 2.05) is 0 Å². The van der Waals surface area contributed by atoms with Crippen LogP contribution in [0.3, 0.4) is 0 Å². The lowest BCUT2D eigenvalue weighted by Gasteiger charge is -2.25. The zero-order valence-electron chi connectivity index (χ0n) is 9.29. The van der Waals surface area contributed by atoms with Crippen molar-refractivity contribution in [3.63, 3.8) is 0 Å². The molecule has 0 saturated carbocycles. The van der Waals surface area contributed by atoms with Gasteiger partial charge in [0.2, 0.25) is 0 Å². The van der Waals surface area contributed by atoms with Crippen molar-refractivity contribution in [2.24, 2.45) is 5.73 Å². The lowest BCUT2D eigenvalue weighted by atomic mass is 10.0. The highest BCUT2D eigenvalue weighted by molar-refractivity contribution is 5.97. The Morgan fingerprint density at radius 3 is 3.12 bits per heavy atom. The molecule has 1 aliphatic heterocycles. The largest absolute Gasteiger partial charge is 0.365 e. The molecule has 1 atom stereocenters. The van der Waals surface area contributed by atoms with Gasteiger partial charge >= 0.3 is 0 Å². The van der Waals surface area contributed by atoms with E-state index >= 15 is 0 Å². The van der Waals surface area contributed by atoms with Gasteiger partial charge in [-0.05, 0) is 32.0 Å². The van der Waals surface area contributed by atoms with E-state index < -0.39 is 5.91 Å². The molecule has 0 aliphatic carbocycles. The van der Waals surface area contributed by atoms with E-state index in [0.29, 0.717) is 11.4 Å². The van der Waals surface area contributed by atoms with Crippen LogP contribution < -0.4 is 16.4 Å². The summed E-state index contributed by atoms with van der Waals surface area (Å²) in [4.78, 5) is 15.4. The van der Waals surface area contributed by atoms with Gasteiger partial charge in [0.05, 0.1) is 5.56 Å². The molecular weight excluding hydrogens is 204 g/mol. The predicted molar refractivity (Wildman–Crippen MR) is 62.3 cm³/mol. The van der Waals surface area contributed by atoms with Crippen LogP contribution in [-0.4, -0.2) is 29.5 Å². The maximum atomic E-state index is 11.2. The lowest BCUT2D eigenvalue weighted by Crippen LogP contribution is -2.38. The molecule has 1 fully saturated rings. The van der Waals surface area contributed by atoms with Crippen LogP contribution in [-0.2, 0) is 0 Å². The summed E-state index contributed by atoms with van der Waals surface area (Å²) in [5.41, 5.74) is 5.68. The molecule has 1 aromatic heterocycles. The standard InChI is InChI=1S/C11H16N4O/c1-11(4-6-13-7-11)15-10-8(9(12)16)3-2-5-14-10/h2-3,5,13H,4,6-7H2,1H3,(H2,12,16)(H,14,15). The number of pyridine rings is 1. The zero-order chi connectivity index (χ0) is 11.6. The summed E-state index contributed by atoms with van der Waals surface area (Å²) >= 11 is 0. The molecule has 1 saturated heterocycles. The molecule has 0 radical (unpaired) electrons. The highest BCUT2D eigenvalue weighted by atomic mass is 16.1. The molecule has 0 aromatic carbocycles. The molecule has 4 N–H and O–H groups in total. The summed E-state index contributed by atoms with van der Waals surface area (Å²) in [7, 11) is 0. The smallest absolute Gasteiger partial charge is 0.252 e. The van der Waals surface area contributed by atoms with E-state index in [4.69, 9.17) is 5.73 Å². The Bertz CT molecular complexity index is 399. The Morgan fingerprint density at radius 1 is 1.69 bits per heavy atom. The number of nitrogens with two attached hydrogens (primary N) is 1. The Labute approximate surface area is 94.4 Å². The summed E-state index contributed by atoms with van der Waals surface area (Å²) in [6, 6.07) is 3.39. The van der Waals surface area contributed by atoms with Gasteiger partial charge in [-0.2, -0.15) is 0 Å². The minimum Gasteiger partial charge on any atom is -0.365 e. The van der Waals surface area contributed by atoms with Gasteiger partial charge in [-0.25, -0.2) is 4.98 Å². The van der Waals surface area contributed by atoms with Gasteiger partial charge < -0.3 is 16.4 Å². The van der Waals surface area contributed by atoms with Gasteiger partial charge in [0.15, 0.2) is 0 Å². The van der Waals surface area contributed by atoms with Crippen molar-refractivity contribution in [1.82, 2.24) is 10.3 Å². The third-order valence-corrected chi connectivity index (χ3v) is 2.86. The summed E-state index contributed by atoms with van der Waals surface area (Å²) in [5.74, 6) is 0.117. The third kappa shape index (κ3) is 2.14. The molecular formula is C11H16N4O. The number of carbonyl (C=O) groups excluding carboxylic acids is 1. The van der Waals surface area contributed by atoms with Crippen molar-refractivity contribution < 1.29 is 4.79 Å². The third-order valence-electron chi connectivity index (χ3n) is 2.86. The Hall–Kier alpha value is -1.62. The summed E-state index contributed by atoms with van der Waals surface area (Å²) in [5, 5.41) is 6.57. The van der Waals surface area contributed by atoms with Gasteiger partial charge in [0, 0.05) is 18.3 Å². The molecule has 5 nitrogen and oxygen atoms in total. The number of nitrogens with zero attached hydrogens (tertiary/aromatic N) is 1. The molecule has 1 aromatic rings. The Kier molecular flexibility index (Phi) is 2.78. The molecule has 2 rings (SSSR count). The Morgan fingerprint density at radius 2 is 2.50 bits per heavy atom. The zero-order valence-corrected chi connectivity index (χ0v) is 9.29. The van der Waals surface area contributed by atoms with Crippen LogP contribution in [0.1, 0.15) is 23.7 Å². The van der Waals surface area contributed by atoms with Crippen LogP contribution >= 0.6 is 0 Å². The molecule has 1 amide bonds. The fourth-order valence-electron chi connectivity index (χ4n) is 1.91. The predicted octanol–water partition coefficient (Wildman–Crippen LogP) is 0.344. The molecule has 86 valence electrons. The van der Waals surface area contributed by atoms with E-state index in [-0.39, 0.29) is 5.54 Å². The number of rotatable bonds is 3. The van der Waals surface area contributed by atoms with Gasteiger partial charge in [0.25, 0.3) is 5.91 Å². The number of anilines is 1. The molecule has 16 heavy (non-hydrogen) atoms. The van der Waals surface area contributed by atoms with Gasteiger partial charge in [0.1, 0.15) is 5.82 Å². The summed E-state index contributed by atoms with van der Waals surface area (Å²) in [6.07, 6.45) is 2.66. The summed E-state index contributed by atoms with van der Waals surface area (Å²) < 4.78 is 0. The van der Waals surface area contributed by atoms with Gasteiger partial charge in [-0.1, -0.05) is 0 Å². The maximum Gasteiger partial charge on any atom is 0.252 e. The van der Waals surface area contributed by atoms with Crippen LogP contribution in [0.2, 0.25) is 0 Å². The van der Waals surface area contributed by atoms with Crippen molar-refractivity contribution >= 4 is 11.7 Å². The topological polar surface area (TPSA) is 80.0 Å².